The molecule has 0 bridgehead atoms. The van der Waals surface area contributed by atoms with Crippen molar-refractivity contribution in [2.24, 2.45) is 5.73 Å². The second-order valence-electron chi connectivity index (χ2n) is 6.50. The van der Waals surface area contributed by atoms with E-state index in [2.05, 4.69) is 4.98 Å². The molecule has 7 heteroatoms. The van der Waals surface area contributed by atoms with Crippen molar-refractivity contribution in [3.63, 3.8) is 0 Å². The quantitative estimate of drug-likeness (QED) is 0.692. The van der Waals surface area contributed by atoms with Crippen LogP contribution in [0.15, 0.2) is 42.5 Å². The van der Waals surface area contributed by atoms with E-state index in [4.69, 9.17) is 10.5 Å². The lowest BCUT2D eigenvalue weighted by Gasteiger charge is -2.13. The lowest BCUT2D eigenvalue weighted by molar-refractivity contribution is 0.0996. The number of hydrogen-bond donors (Lipinski definition) is 2. The molecule has 3 rings (SSSR count). The average Bonchev–Trinajstić information content (AvgIpc) is 2.67. The van der Waals surface area contributed by atoms with Crippen LogP contribution in [0, 0.1) is 24.1 Å². The zero-order valence-corrected chi connectivity index (χ0v) is 15.9. The first-order chi connectivity index (χ1) is 13.8. The highest BCUT2D eigenvalue weighted by molar-refractivity contribution is 5.96. The molecule has 2 aromatic carbocycles. The number of halogens is 1. The smallest absolute Gasteiger partial charge is 0.252 e. The number of hydrogen-bond acceptors (Lipinski definition) is 5. The summed E-state index contributed by atoms with van der Waals surface area (Å²) in [5, 5.41) is 19.3. The first-order valence-corrected chi connectivity index (χ1v) is 8.70. The van der Waals surface area contributed by atoms with Gasteiger partial charge in [0.15, 0.2) is 0 Å². The summed E-state index contributed by atoms with van der Waals surface area (Å²) in [6.45, 7) is 1.73. The summed E-state index contributed by atoms with van der Waals surface area (Å²) in [5.41, 5.74) is 8.34. The summed E-state index contributed by atoms with van der Waals surface area (Å²) >= 11 is 0. The molecule has 0 aliphatic rings. The van der Waals surface area contributed by atoms with Gasteiger partial charge in [-0.15, -0.1) is 0 Å². The molecule has 0 radical (unpaired) electrons. The van der Waals surface area contributed by atoms with E-state index in [9.17, 15) is 19.6 Å². The number of nitrogens with two attached hydrogens (primary N) is 1. The van der Waals surface area contributed by atoms with Gasteiger partial charge in [-0.05, 0) is 24.6 Å². The Hall–Kier alpha value is -3.92. The molecule has 0 saturated carbocycles. The number of nitriles is 1. The lowest BCUT2D eigenvalue weighted by Crippen LogP contribution is -2.14. The largest absolute Gasteiger partial charge is 0.506 e. The van der Waals surface area contributed by atoms with Crippen LogP contribution in [0.25, 0.3) is 11.3 Å². The normalized spacial score (nSPS) is 10.4. The van der Waals surface area contributed by atoms with E-state index in [0.29, 0.717) is 28.9 Å². The summed E-state index contributed by atoms with van der Waals surface area (Å²) in [6, 6.07) is 12.9. The summed E-state index contributed by atoms with van der Waals surface area (Å²) in [4.78, 5) is 15.9. The SMILES string of the molecule is COc1c(Cc2ccc(-c3nc(C)cc(O)c3C#N)cc2)cc(F)cc1C(N)=O. The van der Waals surface area contributed by atoms with Crippen molar-refractivity contribution in [1.29, 1.82) is 5.26 Å². The zero-order valence-electron chi connectivity index (χ0n) is 15.9. The maximum atomic E-state index is 13.9. The van der Waals surface area contributed by atoms with Crippen LogP contribution in [0.4, 0.5) is 4.39 Å². The number of aromatic nitrogens is 1. The number of rotatable bonds is 5. The van der Waals surface area contributed by atoms with E-state index >= 15 is 0 Å². The van der Waals surface area contributed by atoms with Crippen LogP contribution >= 0.6 is 0 Å². The summed E-state index contributed by atoms with van der Waals surface area (Å²) in [5.74, 6) is -1.24. The molecule has 0 aliphatic carbocycles. The molecule has 0 fully saturated rings. The number of benzene rings is 2. The number of methoxy groups -OCH3 is 1. The van der Waals surface area contributed by atoms with Crippen molar-refractivity contribution >= 4 is 5.91 Å². The van der Waals surface area contributed by atoms with Crippen molar-refractivity contribution in [2.45, 2.75) is 13.3 Å². The van der Waals surface area contributed by atoms with E-state index in [1.165, 1.54) is 19.2 Å². The number of aromatic hydroxyl groups is 1. The molecule has 0 spiro atoms. The van der Waals surface area contributed by atoms with Gasteiger partial charge in [0.25, 0.3) is 5.91 Å². The highest BCUT2D eigenvalue weighted by atomic mass is 19.1. The molecule has 146 valence electrons. The van der Waals surface area contributed by atoms with Crippen molar-refractivity contribution in [3.05, 3.63) is 76.2 Å². The van der Waals surface area contributed by atoms with E-state index in [1.54, 1.807) is 31.2 Å². The van der Waals surface area contributed by atoms with Gasteiger partial charge in [0.05, 0.1) is 18.4 Å². The molecule has 0 aliphatic heterocycles. The Labute approximate surface area is 167 Å². The van der Waals surface area contributed by atoms with Gasteiger partial charge in [-0.1, -0.05) is 24.3 Å². The number of carbonyl (C=O) groups excluding carboxylic acids is 1. The molecule has 6 nitrogen and oxygen atoms in total. The Morgan fingerprint density at radius 1 is 1.28 bits per heavy atom. The molecule has 1 heterocycles. The molecule has 0 saturated heterocycles. The maximum absolute atomic E-state index is 13.9. The fourth-order valence-corrected chi connectivity index (χ4v) is 3.18. The summed E-state index contributed by atoms with van der Waals surface area (Å²) in [6.07, 6.45) is 0.305. The number of pyridine rings is 1. The van der Waals surface area contributed by atoms with Crippen LogP contribution in [0.1, 0.15) is 32.7 Å². The zero-order chi connectivity index (χ0) is 21.1. The van der Waals surface area contributed by atoms with E-state index in [1.807, 2.05) is 6.07 Å². The molecule has 29 heavy (non-hydrogen) atoms. The van der Waals surface area contributed by atoms with Crippen LogP contribution in [0.2, 0.25) is 0 Å². The van der Waals surface area contributed by atoms with E-state index < -0.39 is 11.7 Å². The summed E-state index contributed by atoms with van der Waals surface area (Å²) in [7, 11) is 1.39. The first-order valence-electron chi connectivity index (χ1n) is 8.70. The van der Waals surface area contributed by atoms with Gasteiger partial charge in [0.2, 0.25) is 0 Å². The Morgan fingerprint density at radius 3 is 2.55 bits per heavy atom. The first kappa shape index (κ1) is 19.8. The van der Waals surface area contributed by atoms with Gasteiger partial charge in [-0.25, -0.2) is 4.39 Å². The Morgan fingerprint density at radius 2 is 1.97 bits per heavy atom. The van der Waals surface area contributed by atoms with Gasteiger partial charge in [0.1, 0.15) is 28.9 Å². The number of amides is 1. The highest BCUT2D eigenvalue weighted by Crippen LogP contribution is 2.31. The Balaban J connectivity index is 1.98. The molecule has 1 amide bonds. The number of carbonyl (C=O) groups is 1. The van der Waals surface area contributed by atoms with Crippen molar-refractivity contribution < 1.29 is 19.0 Å². The molecule has 1 aromatic heterocycles. The number of ether oxygens (including phenoxy) is 1. The Bertz CT molecular complexity index is 1140. The predicted octanol–water partition coefficient (Wildman–Crippen LogP) is 3.47. The molecular weight excluding hydrogens is 373 g/mol. The monoisotopic (exact) mass is 391 g/mol. The third kappa shape index (κ3) is 4.01. The number of nitrogens with zero attached hydrogens (tertiary/aromatic N) is 2. The summed E-state index contributed by atoms with van der Waals surface area (Å²) < 4.78 is 19.2. The highest BCUT2D eigenvalue weighted by Gasteiger charge is 2.17. The van der Waals surface area contributed by atoms with Gasteiger partial charge >= 0.3 is 0 Å². The molecule has 3 aromatic rings. The van der Waals surface area contributed by atoms with Crippen LogP contribution in [0.5, 0.6) is 11.5 Å². The number of aryl methyl sites for hydroxylation is 1. The van der Waals surface area contributed by atoms with Gasteiger partial charge in [0, 0.05) is 29.3 Å². The Kier molecular flexibility index (Phi) is 5.46. The minimum Gasteiger partial charge on any atom is -0.506 e. The van der Waals surface area contributed by atoms with Crippen LogP contribution in [-0.4, -0.2) is 23.1 Å². The standard InChI is InChI=1S/C22H18FN3O3/c1-12-7-19(27)18(11-24)20(26-12)14-5-3-13(4-6-14)8-15-9-16(23)10-17(22(25)28)21(15)29-2/h3-7,9-10H,8H2,1-2H3,(H2,25,28)(H,26,27). The third-order valence-corrected chi connectivity index (χ3v) is 4.46. The van der Waals surface area contributed by atoms with Crippen LogP contribution in [0.3, 0.4) is 0 Å². The molecule has 0 atom stereocenters. The predicted molar refractivity (Wildman–Crippen MR) is 105 cm³/mol. The van der Waals surface area contributed by atoms with Crippen LogP contribution in [-0.2, 0) is 6.42 Å². The minimum absolute atomic E-state index is 0.0165. The van der Waals surface area contributed by atoms with Crippen molar-refractivity contribution in [1.82, 2.24) is 4.98 Å². The maximum Gasteiger partial charge on any atom is 0.252 e. The van der Waals surface area contributed by atoms with Gasteiger partial charge in [-0.3, -0.25) is 9.78 Å². The molecular formula is C22H18FN3O3. The number of primary amides is 1. The average molecular weight is 391 g/mol. The molecule has 0 unspecified atom stereocenters. The fraction of sp³-hybridized carbons (Fsp3) is 0.136. The lowest BCUT2D eigenvalue weighted by atomic mass is 9.98. The third-order valence-electron chi connectivity index (χ3n) is 4.46. The minimum atomic E-state index is -0.771. The second kappa shape index (κ2) is 7.98. The van der Waals surface area contributed by atoms with E-state index in [0.717, 1.165) is 11.6 Å². The molecule has 3 N–H and O–H groups in total. The van der Waals surface area contributed by atoms with Crippen LogP contribution < -0.4 is 10.5 Å². The van der Waals surface area contributed by atoms with E-state index in [-0.39, 0.29) is 22.6 Å². The van der Waals surface area contributed by atoms with Gasteiger partial charge in [-0.2, -0.15) is 5.26 Å². The second-order valence-corrected chi connectivity index (χ2v) is 6.50. The topological polar surface area (TPSA) is 109 Å². The van der Waals surface area contributed by atoms with Crippen molar-refractivity contribution in [2.75, 3.05) is 7.11 Å². The van der Waals surface area contributed by atoms with Crippen molar-refractivity contribution in [3.8, 4) is 28.8 Å². The van der Waals surface area contributed by atoms with Gasteiger partial charge < -0.3 is 15.6 Å². The fourth-order valence-electron chi connectivity index (χ4n) is 3.18.